The molecule has 11 nitrogen and oxygen atoms in total. The second kappa shape index (κ2) is 5.12. The summed E-state index contributed by atoms with van der Waals surface area (Å²) in [5.41, 5.74) is -1.85. The molecule has 11 heteroatoms. The third-order valence-corrected chi connectivity index (χ3v) is 2.24. The number of anilines is 1. The highest BCUT2D eigenvalue weighted by Crippen LogP contribution is 2.40. The quantitative estimate of drug-likeness (QED) is 0.573. The molecule has 0 saturated carbocycles. The van der Waals surface area contributed by atoms with Crippen LogP contribution in [-0.4, -0.2) is 29.0 Å². The highest BCUT2D eigenvalue weighted by atomic mass is 16.7. The maximum Gasteiger partial charge on any atom is 0.309 e. The van der Waals surface area contributed by atoms with Crippen LogP contribution in [0.25, 0.3) is 0 Å². The van der Waals surface area contributed by atoms with Gasteiger partial charge in [0.05, 0.1) is 36.1 Å². The summed E-state index contributed by atoms with van der Waals surface area (Å²) in [7, 11) is 2.07. The molecule has 1 aromatic carbocycles. The molecule has 0 aliphatic carbocycles. The van der Waals surface area contributed by atoms with E-state index in [4.69, 9.17) is 4.74 Å². The lowest BCUT2D eigenvalue weighted by atomic mass is 10.2. The van der Waals surface area contributed by atoms with Crippen molar-refractivity contribution in [3.63, 3.8) is 0 Å². The number of hydrogen-bond donors (Lipinski definition) is 0. The molecule has 0 unspecified atom stereocenters. The van der Waals surface area contributed by atoms with Gasteiger partial charge in [0.15, 0.2) is 10.8 Å². The summed E-state index contributed by atoms with van der Waals surface area (Å²) in [4.78, 5) is 30.4. The van der Waals surface area contributed by atoms with Gasteiger partial charge in [-0.2, -0.15) is 0 Å². The summed E-state index contributed by atoms with van der Waals surface area (Å²) in [6.07, 6.45) is 0. The lowest BCUT2D eigenvalue weighted by Crippen LogP contribution is -2.25. The Balaban J connectivity index is 3.63. The summed E-state index contributed by atoms with van der Waals surface area (Å²) in [5.74, 6) is -0.333. The van der Waals surface area contributed by atoms with Gasteiger partial charge in [-0.3, -0.25) is 20.2 Å². The van der Waals surface area contributed by atoms with Crippen LogP contribution in [0, 0.1) is 30.3 Å². The smallest absolute Gasteiger partial charge is 0.309 e. The van der Waals surface area contributed by atoms with Crippen LogP contribution in [0.4, 0.5) is 17.1 Å². The van der Waals surface area contributed by atoms with Crippen molar-refractivity contribution < 1.29 is 19.6 Å². The first-order valence-corrected chi connectivity index (χ1v) is 4.68. The minimum atomic E-state index is -0.954. The number of nitro benzene ring substituents is 2. The minimum Gasteiger partial charge on any atom is -0.494 e. The van der Waals surface area contributed by atoms with E-state index in [2.05, 4.69) is 0 Å². The zero-order valence-corrected chi connectivity index (χ0v) is 9.80. The number of hydrazine groups is 1. The molecule has 0 atom stereocenters. The molecular weight excluding hydrogens is 264 g/mol. The van der Waals surface area contributed by atoms with Crippen LogP contribution < -0.4 is 9.75 Å². The highest BCUT2D eigenvalue weighted by molar-refractivity contribution is 5.73. The second-order valence-electron chi connectivity index (χ2n) is 3.29. The van der Waals surface area contributed by atoms with Gasteiger partial charge in [0, 0.05) is 0 Å². The van der Waals surface area contributed by atoms with E-state index in [0.717, 1.165) is 20.2 Å². The van der Waals surface area contributed by atoms with Crippen molar-refractivity contribution in [2.75, 3.05) is 19.2 Å². The number of benzene rings is 1. The number of nitro groups is 3. The number of nitrogens with zero attached hydrogens (tertiary/aromatic N) is 4. The Morgan fingerprint density at radius 3 is 2.05 bits per heavy atom. The van der Waals surface area contributed by atoms with Gasteiger partial charge < -0.3 is 4.74 Å². The van der Waals surface area contributed by atoms with Crippen molar-refractivity contribution in [3.8, 4) is 5.75 Å². The molecule has 1 rings (SSSR count). The molecule has 0 heterocycles. The fourth-order valence-corrected chi connectivity index (χ4v) is 1.39. The minimum absolute atomic E-state index is 0.333. The third-order valence-electron chi connectivity index (χ3n) is 2.24. The van der Waals surface area contributed by atoms with Crippen molar-refractivity contribution in [2.45, 2.75) is 0 Å². The Hall–Kier alpha value is -2.98. The predicted molar refractivity (Wildman–Crippen MR) is 61.7 cm³/mol. The highest BCUT2D eigenvalue weighted by Gasteiger charge is 2.32. The molecule has 0 aliphatic heterocycles. The average Bonchev–Trinajstić information content (AvgIpc) is 2.35. The van der Waals surface area contributed by atoms with Crippen LogP contribution in [0.3, 0.4) is 0 Å². The lowest BCUT2D eigenvalue weighted by Gasteiger charge is -2.12. The first-order chi connectivity index (χ1) is 8.79. The van der Waals surface area contributed by atoms with Gasteiger partial charge in [-0.25, -0.2) is 10.1 Å². The van der Waals surface area contributed by atoms with Crippen LogP contribution in [-0.2, 0) is 0 Å². The third kappa shape index (κ3) is 2.65. The molecular formula is C8H8N4O7. The van der Waals surface area contributed by atoms with Gasteiger partial charge >= 0.3 is 5.69 Å². The zero-order valence-electron chi connectivity index (χ0n) is 9.80. The molecule has 0 amide bonds. The molecule has 0 spiro atoms. The standard InChI is InChI=1S/C8H8N4O7/c1-9(12(17)18)8-6(11(15)16)3-5(10(13)14)4-7(8)19-2/h3-4H,1-2H3. The largest absolute Gasteiger partial charge is 0.494 e. The summed E-state index contributed by atoms with van der Waals surface area (Å²) in [6.45, 7) is 0. The summed E-state index contributed by atoms with van der Waals surface area (Å²) in [6, 6.07) is 1.51. The fraction of sp³-hybridized carbons (Fsp3) is 0.250. The van der Waals surface area contributed by atoms with E-state index in [9.17, 15) is 30.3 Å². The zero-order chi connectivity index (χ0) is 14.7. The molecule has 0 aromatic heterocycles. The predicted octanol–water partition coefficient (Wildman–Crippen LogP) is 1.14. The number of methoxy groups -OCH3 is 1. The van der Waals surface area contributed by atoms with Crippen molar-refractivity contribution >= 4 is 17.1 Å². The molecule has 0 fully saturated rings. The Morgan fingerprint density at radius 1 is 1.11 bits per heavy atom. The number of non-ortho nitro benzene ring substituents is 1. The van der Waals surface area contributed by atoms with Crippen molar-refractivity contribution in [2.24, 2.45) is 0 Å². The van der Waals surface area contributed by atoms with Gasteiger partial charge in [0.25, 0.3) is 5.69 Å². The maximum absolute atomic E-state index is 10.9. The topological polar surface area (TPSA) is 142 Å². The molecule has 0 radical (unpaired) electrons. The van der Waals surface area contributed by atoms with E-state index in [1.54, 1.807) is 0 Å². The number of hydrogen-bond acceptors (Lipinski definition) is 7. The first-order valence-electron chi connectivity index (χ1n) is 4.68. The van der Waals surface area contributed by atoms with E-state index in [1.165, 1.54) is 0 Å². The van der Waals surface area contributed by atoms with E-state index >= 15 is 0 Å². The fourth-order valence-electron chi connectivity index (χ4n) is 1.39. The SMILES string of the molecule is COc1cc([N+](=O)[O-])cc([N+](=O)[O-])c1N(C)[N+](=O)[O-]. The Bertz CT molecular complexity index is 558. The van der Waals surface area contributed by atoms with Crippen LogP contribution >= 0.6 is 0 Å². The average molecular weight is 272 g/mol. The second-order valence-corrected chi connectivity index (χ2v) is 3.29. The normalized spacial score (nSPS) is 9.79. The maximum atomic E-state index is 10.9. The molecule has 0 aliphatic rings. The van der Waals surface area contributed by atoms with E-state index in [0.29, 0.717) is 11.1 Å². The van der Waals surface area contributed by atoms with Crippen molar-refractivity contribution in [1.29, 1.82) is 0 Å². The van der Waals surface area contributed by atoms with Gasteiger partial charge in [0.2, 0.25) is 5.69 Å². The van der Waals surface area contributed by atoms with Crippen molar-refractivity contribution in [3.05, 3.63) is 42.5 Å². The van der Waals surface area contributed by atoms with Gasteiger partial charge in [-0.15, -0.1) is 0 Å². The molecule has 0 saturated heterocycles. The molecule has 19 heavy (non-hydrogen) atoms. The molecule has 102 valence electrons. The van der Waals surface area contributed by atoms with Crippen LogP contribution in [0.5, 0.6) is 5.75 Å². The van der Waals surface area contributed by atoms with Crippen LogP contribution in [0.15, 0.2) is 12.1 Å². The van der Waals surface area contributed by atoms with Gasteiger partial charge in [-0.1, -0.05) is 5.01 Å². The lowest BCUT2D eigenvalue weighted by molar-refractivity contribution is -0.491. The van der Waals surface area contributed by atoms with Crippen molar-refractivity contribution in [1.82, 2.24) is 0 Å². The summed E-state index contributed by atoms with van der Waals surface area (Å²) < 4.78 is 4.74. The monoisotopic (exact) mass is 272 g/mol. The van der Waals surface area contributed by atoms with Crippen LogP contribution in [0.1, 0.15) is 0 Å². The van der Waals surface area contributed by atoms with E-state index in [1.807, 2.05) is 0 Å². The number of rotatable bonds is 5. The Kier molecular flexibility index (Phi) is 3.79. The Labute approximate surface area is 105 Å². The van der Waals surface area contributed by atoms with E-state index in [-0.39, 0.29) is 5.75 Å². The molecule has 0 N–H and O–H groups in total. The molecule has 0 bridgehead atoms. The van der Waals surface area contributed by atoms with Gasteiger partial charge in [0.1, 0.15) is 0 Å². The Morgan fingerprint density at radius 2 is 1.68 bits per heavy atom. The first kappa shape index (κ1) is 14.1. The molecule has 1 aromatic rings. The summed E-state index contributed by atoms with van der Waals surface area (Å²) >= 11 is 0. The summed E-state index contributed by atoms with van der Waals surface area (Å²) in [5, 5.41) is 31.6. The number of ether oxygens (including phenoxy) is 1. The van der Waals surface area contributed by atoms with Gasteiger partial charge in [-0.05, 0) is 0 Å². The van der Waals surface area contributed by atoms with E-state index < -0.39 is 31.9 Å². The van der Waals surface area contributed by atoms with Crippen LogP contribution in [0.2, 0.25) is 0 Å².